The van der Waals surface area contributed by atoms with Crippen LogP contribution in [-0.2, 0) is 20.7 Å². The maximum absolute atomic E-state index is 14.1. The Morgan fingerprint density at radius 1 is 1.00 bits per heavy atom. The molecule has 3 amide bonds. The monoisotopic (exact) mass is 537 g/mol. The molecule has 9 heteroatoms. The molecule has 39 heavy (non-hydrogen) atoms. The smallest absolute Gasteiger partial charge is 0.408 e. The van der Waals surface area contributed by atoms with Gasteiger partial charge in [-0.05, 0) is 76.9 Å². The van der Waals surface area contributed by atoms with E-state index < -0.39 is 47.7 Å². The van der Waals surface area contributed by atoms with Crippen molar-refractivity contribution in [3.8, 4) is 18.1 Å². The molecular weight excluding hydrogens is 498 g/mol. The normalized spacial score (nSPS) is 13.0. The number of alkyl carbamates (subject to hydrolysis) is 1. The number of carbonyl (C=O) groups is 3. The van der Waals surface area contributed by atoms with E-state index in [0.29, 0.717) is 16.7 Å². The van der Waals surface area contributed by atoms with Crippen molar-refractivity contribution in [1.82, 2.24) is 15.5 Å². The van der Waals surface area contributed by atoms with Gasteiger partial charge in [-0.25, -0.2) is 4.79 Å². The molecular formula is C30H39N3O6. The van der Waals surface area contributed by atoms with E-state index in [1.54, 1.807) is 57.2 Å². The molecule has 0 bridgehead atoms. The van der Waals surface area contributed by atoms with Crippen molar-refractivity contribution in [1.29, 1.82) is 0 Å². The first-order valence-electron chi connectivity index (χ1n) is 12.7. The summed E-state index contributed by atoms with van der Waals surface area (Å²) in [5.74, 6) is 1.52. The summed E-state index contributed by atoms with van der Waals surface area (Å²) < 4.78 is 5.39. The highest BCUT2D eigenvalue weighted by molar-refractivity contribution is 5.92. The first-order valence-corrected chi connectivity index (χ1v) is 12.7. The molecule has 0 fully saturated rings. The van der Waals surface area contributed by atoms with Crippen LogP contribution in [0.5, 0.6) is 5.75 Å². The molecule has 2 aromatic rings. The molecule has 2 rings (SSSR count). The summed E-state index contributed by atoms with van der Waals surface area (Å²) in [6, 6.07) is 10.6. The van der Waals surface area contributed by atoms with Crippen LogP contribution in [0.4, 0.5) is 4.79 Å². The molecule has 0 radical (unpaired) electrons. The Balaban J connectivity index is 2.55. The van der Waals surface area contributed by atoms with E-state index in [1.165, 1.54) is 17.0 Å². The number of benzene rings is 2. The van der Waals surface area contributed by atoms with Crippen molar-refractivity contribution < 1.29 is 29.3 Å². The summed E-state index contributed by atoms with van der Waals surface area (Å²) in [6.45, 7) is 9.96. The van der Waals surface area contributed by atoms with Gasteiger partial charge in [-0.15, -0.1) is 6.42 Å². The number of phenols is 1. The fraction of sp³-hybridized carbons (Fsp3) is 0.433. The molecule has 2 atom stereocenters. The van der Waals surface area contributed by atoms with E-state index in [9.17, 15) is 24.6 Å². The van der Waals surface area contributed by atoms with Crippen LogP contribution in [0.1, 0.15) is 64.3 Å². The highest BCUT2D eigenvalue weighted by Crippen LogP contribution is 2.25. The largest absolute Gasteiger partial charge is 0.508 e. The van der Waals surface area contributed by atoms with Crippen LogP contribution in [0.15, 0.2) is 48.5 Å². The summed E-state index contributed by atoms with van der Waals surface area (Å²) in [6.07, 6.45) is 4.73. The number of ether oxygens (including phenoxy) is 1. The molecule has 4 N–H and O–H groups in total. The number of nitrogens with zero attached hydrogens (tertiary/aromatic N) is 1. The number of aromatic hydroxyl groups is 1. The molecule has 0 aliphatic rings. The lowest BCUT2D eigenvalue weighted by molar-refractivity contribution is -0.143. The van der Waals surface area contributed by atoms with Crippen LogP contribution in [-0.4, -0.2) is 63.4 Å². The Morgan fingerprint density at radius 2 is 1.59 bits per heavy atom. The highest BCUT2D eigenvalue weighted by Gasteiger charge is 2.37. The topological polar surface area (TPSA) is 128 Å². The maximum atomic E-state index is 14.1. The van der Waals surface area contributed by atoms with Gasteiger partial charge in [-0.1, -0.05) is 30.2 Å². The molecule has 0 aliphatic carbocycles. The van der Waals surface area contributed by atoms with Crippen molar-refractivity contribution in [3.05, 3.63) is 65.2 Å². The van der Waals surface area contributed by atoms with Crippen LogP contribution in [0.3, 0.4) is 0 Å². The SMILES string of the molecule is C#Cc1ccc(C(C(=O)NC(C)(C)C)N(CCO)C(=O)C(Cc2ccc(O)cc2)NC(=O)OC(C)(C)C)cc1. The number of rotatable bonds is 9. The second-order valence-electron chi connectivity index (χ2n) is 11.2. The molecule has 0 aliphatic heterocycles. The number of phenolic OH excluding ortho intramolecular Hbond substituents is 1. The molecule has 0 heterocycles. The van der Waals surface area contributed by atoms with Gasteiger partial charge < -0.3 is 30.5 Å². The van der Waals surface area contributed by atoms with Gasteiger partial charge in [-0.2, -0.15) is 0 Å². The fourth-order valence-corrected chi connectivity index (χ4v) is 3.86. The van der Waals surface area contributed by atoms with Crippen LogP contribution in [0.2, 0.25) is 0 Å². The highest BCUT2D eigenvalue weighted by atomic mass is 16.6. The van der Waals surface area contributed by atoms with Gasteiger partial charge in [0.2, 0.25) is 11.8 Å². The van der Waals surface area contributed by atoms with E-state index in [4.69, 9.17) is 11.2 Å². The molecule has 9 nitrogen and oxygen atoms in total. The standard InChI is InChI=1S/C30H39N3O6/c1-8-20-9-13-22(14-10-20)25(26(36)32-29(2,3)4)33(17-18-34)27(37)24(31-28(38)39-30(5,6)7)19-21-11-15-23(35)16-12-21/h1,9-16,24-25,34-35H,17-19H2,2-7H3,(H,31,38)(H,32,36). The van der Waals surface area contributed by atoms with Gasteiger partial charge in [0.15, 0.2) is 0 Å². The van der Waals surface area contributed by atoms with Crippen molar-refractivity contribution in [2.24, 2.45) is 0 Å². The predicted octanol–water partition coefficient (Wildman–Crippen LogP) is 3.29. The first-order chi connectivity index (χ1) is 18.1. The lowest BCUT2D eigenvalue weighted by Crippen LogP contribution is -2.55. The number of nitrogens with one attached hydrogen (secondary N) is 2. The average molecular weight is 538 g/mol. The number of hydrogen-bond donors (Lipinski definition) is 4. The molecule has 0 saturated heterocycles. The minimum absolute atomic E-state index is 0.0456. The molecule has 2 unspecified atom stereocenters. The predicted molar refractivity (Wildman–Crippen MR) is 149 cm³/mol. The summed E-state index contributed by atoms with van der Waals surface area (Å²) in [5.41, 5.74) is 0.320. The zero-order valence-corrected chi connectivity index (χ0v) is 23.4. The maximum Gasteiger partial charge on any atom is 0.408 e. The Morgan fingerprint density at radius 3 is 2.08 bits per heavy atom. The number of terminal acetylenes is 1. The summed E-state index contributed by atoms with van der Waals surface area (Å²) >= 11 is 0. The van der Waals surface area contributed by atoms with Crippen molar-refractivity contribution in [2.45, 2.75) is 71.2 Å². The van der Waals surface area contributed by atoms with E-state index in [1.807, 2.05) is 20.8 Å². The Bertz CT molecular complexity index is 1170. The molecule has 2 aromatic carbocycles. The van der Waals surface area contributed by atoms with Gasteiger partial charge in [-0.3, -0.25) is 9.59 Å². The van der Waals surface area contributed by atoms with Crippen molar-refractivity contribution >= 4 is 17.9 Å². The third-order valence-corrected chi connectivity index (χ3v) is 5.44. The van der Waals surface area contributed by atoms with Gasteiger partial charge in [0.1, 0.15) is 23.4 Å². The van der Waals surface area contributed by atoms with Gasteiger partial charge in [0.05, 0.1) is 6.61 Å². The molecule has 0 saturated carbocycles. The lowest BCUT2D eigenvalue weighted by Gasteiger charge is -2.35. The minimum atomic E-state index is -1.15. The van der Waals surface area contributed by atoms with Crippen molar-refractivity contribution in [2.75, 3.05) is 13.2 Å². The average Bonchev–Trinajstić information content (AvgIpc) is 2.82. The molecule has 210 valence electrons. The van der Waals surface area contributed by atoms with Gasteiger partial charge in [0.25, 0.3) is 0 Å². The zero-order chi connectivity index (χ0) is 29.4. The van der Waals surface area contributed by atoms with Gasteiger partial charge >= 0.3 is 6.09 Å². The van der Waals surface area contributed by atoms with Crippen LogP contribution in [0, 0.1) is 12.3 Å². The van der Waals surface area contributed by atoms with E-state index in [0.717, 1.165) is 0 Å². The van der Waals surface area contributed by atoms with Crippen LogP contribution in [0.25, 0.3) is 0 Å². The third kappa shape index (κ3) is 9.98. The number of aliphatic hydroxyl groups excluding tert-OH is 1. The summed E-state index contributed by atoms with van der Waals surface area (Å²) in [5, 5.41) is 25.1. The second-order valence-corrected chi connectivity index (χ2v) is 11.2. The summed E-state index contributed by atoms with van der Waals surface area (Å²) in [7, 11) is 0. The van der Waals surface area contributed by atoms with Gasteiger partial charge in [0, 0.05) is 24.1 Å². The minimum Gasteiger partial charge on any atom is -0.508 e. The quantitative estimate of drug-likeness (QED) is 0.364. The number of amides is 3. The van der Waals surface area contributed by atoms with Crippen LogP contribution >= 0.6 is 0 Å². The third-order valence-electron chi connectivity index (χ3n) is 5.44. The summed E-state index contributed by atoms with van der Waals surface area (Å²) in [4.78, 5) is 41.7. The van der Waals surface area contributed by atoms with E-state index in [-0.39, 0.29) is 18.7 Å². The number of hydrogen-bond acceptors (Lipinski definition) is 6. The molecule has 0 spiro atoms. The second kappa shape index (κ2) is 13.2. The fourth-order valence-electron chi connectivity index (χ4n) is 3.86. The zero-order valence-electron chi connectivity index (χ0n) is 23.4. The first kappa shape index (κ1) is 31.2. The Hall–Kier alpha value is -4.03. The Kier molecular flexibility index (Phi) is 10.5. The van der Waals surface area contributed by atoms with E-state index >= 15 is 0 Å². The van der Waals surface area contributed by atoms with Crippen molar-refractivity contribution in [3.63, 3.8) is 0 Å². The lowest BCUT2D eigenvalue weighted by atomic mass is 9.98. The molecule has 0 aromatic heterocycles. The number of carbonyl (C=O) groups excluding carboxylic acids is 3. The number of aliphatic hydroxyl groups is 1. The van der Waals surface area contributed by atoms with Crippen LogP contribution < -0.4 is 10.6 Å². The van der Waals surface area contributed by atoms with E-state index in [2.05, 4.69) is 16.6 Å². The Labute approximate surface area is 230 Å².